The fraction of sp³-hybridized carbons (Fsp3) is 0.417. The van der Waals surface area contributed by atoms with Crippen LogP contribution >= 0.6 is 0 Å². The lowest BCUT2D eigenvalue weighted by Crippen LogP contribution is -2.23. The van der Waals surface area contributed by atoms with Crippen LogP contribution in [0.25, 0.3) is 0 Å². The van der Waals surface area contributed by atoms with Crippen LogP contribution in [0, 0.1) is 11.7 Å². The lowest BCUT2D eigenvalue weighted by molar-refractivity contribution is -0.141. The minimum Gasteiger partial charge on any atom is -0.481 e. The summed E-state index contributed by atoms with van der Waals surface area (Å²) in [6.45, 7) is 0.427. The second-order valence-electron chi connectivity index (χ2n) is 4.43. The van der Waals surface area contributed by atoms with Gasteiger partial charge in [-0.2, -0.15) is 13.2 Å². The van der Waals surface area contributed by atoms with E-state index in [1.165, 1.54) is 4.90 Å². The van der Waals surface area contributed by atoms with Crippen molar-refractivity contribution < 1.29 is 27.5 Å². The molecule has 1 heterocycles. The molecule has 0 bridgehead atoms. The third-order valence-electron chi connectivity index (χ3n) is 3.15. The first kappa shape index (κ1) is 13.6. The lowest BCUT2D eigenvalue weighted by atomic mass is 10.1. The smallest absolute Gasteiger partial charge is 0.416 e. The summed E-state index contributed by atoms with van der Waals surface area (Å²) in [5.74, 6) is -2.57. The molecule has 19 heavy (non-hydrogen) atoms. The molecule has 0 aromatic heterocycles. The van der Waals surface area contributed by atoms with Crippen molar-refractivity contribution in [1.29, 1.82) is 0 Å². The zero-order valence-corrected chi connectivity index (χ0v) is 9.75. The molecular weight excluding hydrogens is 266 g/mol. The van der Waals surface area contributed by atoms with E-state index in [-0.39, 0.29) is 12.2 Å². The van der Waals surface area contributed by atoms with Crippen molar-refractivity contribution in [3.05, 3.63) is 29.6 Å². The van der Waals surface area contributed by atoms with Gasteiger partial charge in [0.25, 0.3) is 0 Å². The zero-order chi connectivity index (χ0) is 14.2. The van der Waals surface area contributed by atoms with E-state index in [9.17, 15) is 22.4 Å². The number of benzene rings is 1. The van der Waals surface area contributed by atoms with E-state index in [0.717, 1.165) is 12.1 Å². The first-order valence-corrected chi connectivity index (χ1v) is 5.63. The Morgan fingerprint density at radius 1 is 1.37 bits per heavy atom. The number of hydrogen-bond donors (Lipinski definition) is 1. The van der Waals surface area contributed by atoms with Gasteiger partial charge < -0.3 is 10.0 Å². The molecule has 1 aromatic carbocycles. The molecule has 1 aromatic rings. The van der Waals surface area contributed by atoms with Gasteiger partial charge in [0.15, 0.2) is 0 Å². The minimum atomic E-state index is -4.59. The Morgan fingerprint density at radius 2 is 2.05 bits per heavy atom. The Balaban J connectivity index is 2.21. The van der Waals surface area contributed by atoms with E-state index < -0.39 is 29.4 Å². The minimum absolute atomic E-state index is 0.0109. The molecule has 2 rings (SSSR count). The number of carbonyl (C=O) groups is 1. The lowest BCUT2D eigenvalue weighted by Gasteiger charge is -2.19. The van der Waals surface area contributed by atoms with Crippen molar-refractivity contribution in [1.82, 2.24) is 0 Å². The molecule has 1 atom stereocenters. The predicted octanol–water partition coefficient (Wildman–Crippen LogP) is 2.76. The molecule has 1 fully saturated rings. The van der Waals surface area contributed by atoms with Crippen LogP contribution in [0.5, 0.6) is 0 Å². The van der Waals surface area contributed by atoms with Crippen LogP contribution in [0.4, 0.5) is 23.2 Å². The first-order chi connectivity index (χ1) is 8.79. The molecule has 0 spiro atoms. The maximum atomic E-state index is 13.7. The average molecular weight is 277 g/mol. The normalized spacial score (nSPS) is 19.8. The average Bonchev–Trinajstić information content (AvgIpc) is 2.76. The summed E-state index contributed by atoms with van der Waals surface area (Å²) >= 11 is 0. The van der Waals surface area contributed by atoms with E-state index in [1.807, 2.05) is 0 Å². The summed E-state index contributed by atoms with van der Waals surface area (Å²) in [6, 6.07) is 2.28. The van der Waals surface area contributed by atoms with Crippen molar-refractivity contribution in [3.63, 3.8) is 0 Å². The highest BCUT2D eigenvalue weighted by Crippen LogP contribution is 2.33. The fourth-order valence-electron chi connectivity index (χ4n) is 2.12. The number of nitrogens with zero attached hydrogens (tertiary/aromatic N) is 1. The summed E-state index contributed by atoms with van der Waals surface area (Å²) in [5.41, 5.74) is -1.04. The predicted molar refractivity (Wildman–Crippen MR) is 59.4 cm³/mol. The Hall–Kier alpha value is -1.79. The van der Waals surface area contributed by atoms with Crippen molar-refractivity contribution in [3.8, 4) is 0 Å². The molecule has 0 amide bonds. The third kappa shape index (κ3) is 2.80. The second-order valence-corrected chi connectivity index (χ2v) is 4.43. The number of alkyl halides is 3. The molecule has 1 unspecified atom stereocenters. The standard InChI is InChI=1S/C12H11F4NO2/c13-9-5-8(12(14,15)16)1-2-10(9)17-4-3-7(6-17)11(18)19/h1-2,5,7H,3-4,6H2,(H,18,19). The van der Waals surface area contributed by atoms with Gasteiger partial charge in [0.2, 0.25) is 0 Å². The van der Waals surface area contributed by atoms with Gasteiger partial charge in [0.1, 0.15) is 5.82 Å². The molecule has 0 aliphatic carbocycles. The summed E-state index contributed by atoms with van der Waals surface area (Å²) in [7, 11) is 0. The first-order valence-electron chi connectivity index (χ1n) is 5.63. The number of aliphatic carboxylic acids is 1. The maximum absolute atomic E-state index is 13.7. The zero-order valence-electron chi connectivity index (χ0n) is 9.75. The molecule has 0 radical (unpaired) electrons. The van der Waals surface area contributed by atoms with E-state index in [1.54, 1.807) is 0 Å². The van der Waals surface area contributed by atoms with Crippen molar-refractivity contribution in [2.24, 2.45) is 5.92 Å². The number of halogens is 4. The topological polar surface area (TPSA) is 40.5 Å². The summed E-state index contributed by atoms with van der Waals surface area (Å²) in [5, 5.41) is 8.83. The van der Waals surface area contributed by atoms with E-state index in [0.29, 0.717) is 19.0 Å². The van der Waals surface area contributed by atoms with Crippen molar-refractivity contribution in [2.75, 3.05) is 18.0 Å². The quantitative estimate of drug-likeness (QED) is 0.845. The highest BCUT2D eigenvalue weighted by molar-refractivity contribution is 5.72. The number of carboxylic acids is 1. The van der Waals surface area contributed by atoms with Gasteiger partial charge in [-0.25, -0.2) is 4.39 Å². The largest absolute Gasteiger partial charge is 0.481 e. The second kappa shape index (κ2) is 4.71. The van der Waals surface area contributed by atoms with Crippen LogP contribution in [0.1, 0.15) is 12.0 Å². The van der Waals surface area contributed by atoms with Crippen LogP contribution < -0.4 is 4.90 Å². The van der Waals surface area contributed by atoms with E-state index >= 15 is 0 Å². The van der Waals surface area contributed by atoms with Gasteiger partial charge in [0.05, 0.1) is 17.2 Å². The number of anilines is 1. The Kier molecular flexibility index (Phi) is 3.38. The molecule has 1 aliphatic rings. The highest BCUT2D eigenvalue weighted by Gasteiger charge is 2.33. The number of hydrogen-bond acceptors (Lipinski definition) is 2. The maximum Gasteiger partial charge on any atom is 0.416 e. The third-order valence-corrected chi connectivity index (χ3v) is 3.15. The summed E-state index contributed by atoms with van der Waals surface area (Å²) < 4.78 is 50.8. The molecular formula is C12H11F4NO2. The summed E-state index contributed by atoms with van der Waals surface area (Å²) in [4.78, 5) is 12.2. The molecule has 0 saturated carbocycles. The van der Waals surface area contributed by atoms with Crippen molar-refractivity contribution in [2.45, 2.75) is 12.6 Å². The molecule has 1 N–H and O–H groups in total. The van der Waals surface area contributed by atoms with Crippen LogP contribution in [-0.4, -0.2) is 24.2 Å². The number of carboxylic acid groups (broad SMARTS) is 1. The SMILES string of the molecule is O=C(O)C1CCN(c2ccc(C(F)(F)F)cc2F)C1. The molecule has 7 heteroatoms. The van der Waals surface area contributed by atoms with E-state index in [4.69, 9.17) is 5.11 Å². The van der Waals surface area contributed by atoms with E-state index in [2.05, 4.69) is 0 Å². The van der Waals surface area contributed by atoms with Gasteiger partial charge in [-0.1, -0.05) is 0 Å². The molecule has 3 nitrogen and oxygen atoms in total. The van der Waals surface area contributed by atoms with Gasteiger partial charge in [-0.05, 0) is 24.6 Å². The van der Waals surface area contributed by atoms with Gasteiger partial charge in [-0.15, -0.1) is 0 Å². The van der Waals surface area contributed by atoms with Crippen LogP contribution in [-0.2, 0) is 11.0 Å². The van der Waals surface area contributed by atoms with Crippen LogP contribution in [0.3, 0.4) is 0 Å². The molecule has 104 valence electrons. The summed E-state index contributed by atoms with van der Waals surface area (Å²) in [6.07, 6.45) is -4.23. The van der Waals surface area contributed by atoms with Crippen LogP contribution in [0.15, 0.2) is 18.2 Å². The molecule has 1 aliphatic heterocycles. The van der Waals surface area contributed by atoms with Gasteiger partial charge in [-0.3, -0.25) is 4.79 Å². The van der Waals surface area contributed by atoms with Gasteiger partial charge in [0, 0.05) is 13.1 Å². The van der Waals surface area contributed by atoms with Crippen molar-refractivity contribution >= 4 is 11.7 Å². The number of rotatable bonds is 2. The monoisotopic (exact) mass is 277 g/mol. The highest BCUT2D eigenvalue weighted by atomic mass is 19.4. The Morgan fingerprint density at radius 3 is 2.53 bits per heavy atom. The Labute approximate surface area is 106 Å². The Bertz CT molecular complexity index is 501. The fourth-order valence-corrected chi connectivity index (χ4v) is 2.12. The van der Waals surface area contributed by atoms with Crippen LogP contribution in [0.2, 0.25) is 0 Å². The van der Waals surface area contributed by atoms with Gasteiger partial charge >= 0.3 is 12.1 Å². The molecule has 1 saturated heterocycles.